The van der Waals surface area contributed by atoms with Gasteiger partial charge in [-0.2, -0.15) is 0 Å². The minimum atomic E-state index is -0.859. The lowest BCUT2D eigenvalue weighted by atomic mass is 10.0. The summed E-state index contributed by atoms with van der Waals surface area (Å²) < 4.78 is 18.8. The highest BCUT2D eigenvalue weighted by atomic mass is 19.1. The van der Waals surface area contributed by atoms with Crippen LogP contribution in [-0.4, -0.2) is 23.8 Å². The first-order valence-corrected chi connectivity index (χ1v) is 12.6. The second-order valence-electron chi connectivity index (χ2n) is 9.01. The molecule has 0 saturated carbocycles. The van der Waals surface area contributed by atoms with Gasteiger partial charge in [-0.15, -0.1) is 0 Å². The molecule has 0 saturated heterocycles. The van der Waals surface area contributed by atoms with E-state index in [-0.39, 0.29) is 30.6 Å². The Morgan fingerprint density at radius 1 is 0.789 bits per heavy atom. The Morgan fingerprint density at radius 2 is 1.39 bits per heavy atom. The standard InChI is InChI=1S/C32H31FN2O3/c1-38-29-19-14-25(15-20-29)22-34-32(37)31(27-10-6-3-7-11-27)35(23-26-12-17-28(33)18-13-26)30(36)21-16-24-8-4-2-5-9-24/h2-15,17-20,31H,16,21-23H2,1H3,(H,34,37)/t31-/m1/s1. The molecule has 0 aliphatic heterocycles. The van der Waals surface area contributed by atoms with Crippen molar-refractivity contribution in [3.8, 4) is 5.75 Å². The first-order chi connectivity index (χ1) is 18.5. The van der Waals surface area contributed by atoms with E-state index < -0.39 is 6.04 Å². The summed E-state index contributed by atoms with van der Waals surface area (Å²) in [5.74, 6) is -0.0712. The van der Waals surface area contributed by atoms with Gasteiger partial charge < -0.3 is 15.0 Å². The fourth-order valence-electron chi connectivity index (χ4n) is 4.29. The fourth-order valence-corrected chi connectivity index (χ4v) is 4.29. The van der Waals surface area contributed by atoms with E-state index in [9.17, 15) is 14.0 Å². The van der Waals surface area contributed by atoms with Gasteiger partial charge in [-0.25, -0.2) is 4.39 Å². The third kappa shape index (κ3) is 7.29. The summed E-state index contributed by atoms with van der Waals surface area (Å²) in [7, 11) is 1.60. The van der Waals surface area contributed by atoms with Gasteiger partial charge >= 0.3 is 0 Å². The highest BCUT2D eigenvalue weighted by Crippen LogP contribution is 2.25. The quantitative estimate of drug-likeness (QED) is 0.275. The van der Waals surface area contributed by atoms with E-state index in [1.165, 1.54) is 12.1 Å². The third-order valence-electron chi connectivity index (χ3n) is 6.36. The molecule has 6 heteroatoms. The lowest BCUT2D eigenvalue weighted by Gasteiger charge is -2.32. The molecule has 0 spiro atoms. The predicted octanol–water partition coefficient (Wildman–Crippen LogP) is 5.85. The molecule has 4 rings (SSSR count). The van der Waals surface area contributed by atoms with Gasteiger partial charge in [-0.1, -0.05) is 84.9 Å². The largest absolute Gasteiger partial charge is 0.497 e. The third-order valence-corrected chi connectivity index (χ3v) is 6.36. The number of hydrogen-bond acceptors (Lipinski definition) is 3. The van der Waals surface area contributed by atoms with Crippen LogP contribution >= 0.6 is 0 Å². The van der Waals surface area contributed by atoms with E-state index in [2.05, 4.69) is 5.32 Å². The second-order valence-corrected chi connectivity index (χ2v) is 9.01. The predicted molar refractivity (Wildman–Crippen MR) is 146 cm³/mol. The second kappa shape index (κ2) is 13.2. The van der Waals surface area contributed by atoms with Crippen molar-refractivity contribution in [3.05, 3.63) is 137 Å². The van der Waals surface area contributed by atoms with Gasteiger partial charge in [-0.05, 0) is 52.9 Å². The zero-order chi connectivity index (χ0) is 26.7. The molecule has 4 aromatic carbocycles. The van der Waals surface area contributed by atoms with Gasteiger partial charge in [0.05, 0.1) is 7.11 Å². The number of carbonyl (C=O) groups is 2. The number of hydrogen-bond donors (Lipinski definition) is 1. The molecule has 0 fully saturated rings. The minimum absolute atomic E-state index is 0.161. The van der Waals surface area contributed by atoms with E-state index >= 15 is 0 Å². The topological polar surface area (TPSA) is 58.6 Å². The van der Waals surface area contributed by atoms with Crippen molar-refractivity contribution in [1.82, 2.24) is 10.2 Å². The molecule has 0 unspecified atom stereocenters. The van der Waals surface area contributed by atoms with E-state index in [0.29, 0.717) is 18.5 Å². The molecule has 1 atom stereocenters. The van der Waals surface area contributed by atoms with Crippen LogP contribution in [0.4, 0.5) is 4.39 Å². The van der Waals surface area contributed by atoms with Crippen molar-refractivity contribution in [3.63, 3.8) is 0 Å². The normalized spacial score (nSPS) is 11.4. The maximum atomic E-state index is 13.7. The molecular formula is C32H31FN2O3. The minimum Gasteiger partial charge on any atom is -0.497 e. The lowest BCUT2D eigenvalue weighted by Crippen LogP contribution is -2.43. The number of carbonyl (C=O) groups excluding carboxylic acids is 2. The number of nitrogens with one attached hydrogen (secondary N) is 1. The summed E-state index contributed by atoms with van der Waals surface area (Å²) in [6.07, 6.45) is 0.787. The summed E-state index contributed by atoms with van der Waals surface area (Å²) in [5, 5.41) is 3.01. The number of benzene rings is 4. The van der Waals surface area contributed by atoms with Crippen LogP contribution in [0.3, 0.4) is 0 Å². The molecular weight excluding hydrogens is 479 g/mol. The van der Waals surface area contributed by atoms with Crippen molar-refractivity contribution in [2.24, 2.45) is 0 Å². The molecule has 0 aromatic heterocycles. The van der Waals surface area contributed by atoms with Gasteiger partial charge in [0.25, 0.3) is 0 Å². The molecule has 194 valence electrons. The van der Waals surface area contributed by atoms with E-state index in [1.54, 1.807) is 24.1 Å². The van der Waals surface area contributed by atoms with Crippen LogP contribution in [0.15, 0.2) is 109 Å². The van der Waals surface area contributed by atoms with Gasteiger partial charge in [0.1, 0.15) is 17.6 Å². The summed E-state index contributed by atoms with van der Waals surface area (Å²) in [6.45, 7) is 0.470. The van der Waals surface area contributed by atoms with E-state index in [0.717, 1.165) is 22.4 Å². The molecule has 0 radical (unpaired) electrons. The van der Waals surface area contributed by atoms with Crippen LogP contribution in [-0.2, 0) is 29.1 Å². The highest BCUT2D eigenvalue weighted by molar-refractivity contribution is 5.88. The average Bonchev–Trinajstić information content (AvgIpc) is 2.97. The van der Waals surface area contributed by atoms with Gasteiger partial charge in [0.15, 0.2) is 0 Å². The van der Waals surface area contributed by atoms with Crippen molar-refractivity contribution in [2.45, 2.75) is 32.0 Å². The van der Waals surface area contributed by atoms with Gasteiger partial charge in [-0.3, -0.25) is 9.59 Å². The van der Waals surface area contributed by atoms with Crippen molar-refractivity contribution >= 4 is 11.8 Å². The number of amides is 2. The highest BCUT2D eigenvalue weighted by Gasteiger charge is 2.31. The number of methoxy groups -OCH3 is 1. The van der Waals surface area contributed by atoms with Gasteiger partial charge in [0, 0.05) is 19.5 Å². The first kappa shape index (κ1) is 26.6. The molecule has 4 aromatic rings. The van der Waals surface area contributed by atoms with E-state index in [1.807, 2.05) is 84.9 Å². The summed E-state index contributed by atoms with van der Waals surface area (Å²) in [4.78, 5) is 29.0. The average molecular weight is 511 g/mol. The fraction of sp³-hybridized carbons (Fsp3) is 0.188. The molecule has 5 nitrogen and oxygen atoms in total. The maximum absolute atomic E-state index is 13.7. The van der Waals surface area contributed by atoms with Crippen LogP contribution in [0.5, 0.6) is 5.75 Å². The van der Waals surface area contributed by atoms with Crippen LogP contribution in [0.25, 0.3) is 0 Å². The summed E-state index contributed by atoms with van der Waals surface area (Å²) in [6, 6.07) is 31.6. The SMILES string of the molecule is COc1ccc(CNC(=O)[C@@H](c2ccccc2)N(Cc2ccc(F)cc2)C(=O)CCc2ccccc2)cc1. The lowest BCUT2D eigenvalue weighted by molar-refractivity contribution is -0.141. The Labute approximate surface area is 222 Å². The summed E-state index contributed by atoms with van der Waals surface area (Å²) in [5.41, 5.74) is 3.40. The molecule has 2 amide bonds. The van der Waals surface area contributed by atoms with E-state index in [4.69, 9.17) is 4.74 Å². The van der Waals surface area contributed by atoms with Crippen LogP contribution < -0.4 is 10.1 Å². The molecule has 0 aliphatic carbocycles. The molecule has 38 heavy (non-hydrogen) atoms. The Morgan fingerprint density at radius 3 is 2.03 bits per heavy atom. The Balaban J connectivity index is 1.61. The number of ether oxygens (including phenoxy) is 1. The maximum Gasteiger partial charge on any atom is 0.247 e. The van der Waals surface area contributed by atoms with Crippen molar-refractivity contribution in [2.75, 3.05) is 7.11 Å². The van der Waals surface area contributed by atoms with Crippen molar-refractivity contribution < 1.29 is 18.7 Å². The first-order valence-electron chi connectivity index (χ1n) is 12.6. The van der Waals surface area contributed by atoms with Crippen LogP contribution in [0.2, 0.25) is 0 Å². The number of rotatable bonds is 11. The Bertz CT molecular complexity index is 1310. The molecule has 0 heterocycles. The van der Waals surface area contributed by atoms with Crippen LogP contribution in [0.1, 0.15) is 34.7 Å². The zero-order valence-corrected chi connectivity index (χ0v) is 21.3. The Hall–Kier alpha value is -4.45. The van der Waals surface area contributed by atoms with Crippen molar-refractivity contribution in [1.29, 1.82) is 0 Å². The Kier molecular flexibility index (Phi) is 9.24. The number of nitrogens with zero attached hydrogens (tertiary/aromatic N) is 1. The van der Waals surface area contributed by atoms with Crippen LogP contribution in [0, 0.1) is 5.82 Å². The number of aryl methyl sites for hydroxylation is 1. The smallest absolute Gasteiger partial charge is 0.247 e. The monoisotopic (exact) mass is 510 g/mol. The summed E-state index contributed by atoms with van der Waals surface area (Å²) >= 11 is 0. The molecule has 1 N–H and O–H groups in total. The van der Waals surface area contributed by atoms with Gasteiger partial charge in [0.2, 0.25) is 11.8 Å². The number of halogens is 1. The zero-order valence-electron chi connectivity index (χ0n) is 21.3. The molecule has 0 aliphatic rings. The molecule has 0 bridgehead atoms.